The van der Waals surface area contributed by atoms with Crippen molar-refractivity contribution >= 4 is 11.8 Å². The van der Waals surface area contributed by atoms with Gasteiger partial charge in [0.05, 0.1) is 7.11 Å². The number of carbonyl (C=O) groups excluding carboxylic acids is 2. The number of likely N-dealkylation sites (N-methyl/N-ethyl adjacent to an activating group) is 1. The van der Waals surface area contributed by atoms with Crippen molar-refractivity contribution in [1.82, 2.24) is 20.1 Å². The Balaban J connectivity index is 1.72. The van der Waals surface area contributed by atoms with Crippen LogP contribution in [0.3, 0.4) is 0 Å². The van der Waals surface area contributed by atoms with Gasteiger partial charge in [-0.1, -0.05) is 6.07 Å². The van der Waals surface area contributed by atoms with Crippen molar-refractivity contribution in [3.05, 3.63) is 23.9 Å². The predicted octanol–water partition coefficient (Wildman–Crippen LogP) is 0.257. The lowest BCUT2D eigenvalue weighted by Crippen LogP contribution is -2.49. The highest BCUT2D eigenvalue weighted by Gasteiger charge is 2.49. The predicted molar refractivity (Wildman–Crippen MR) is 88.3 cm³/mol. The quantitative estimate of drug-likeness (QED) is 0.856. The smallest absolute Gasteiger partial charge is 0.242 e. The fourth-order valence-corrected chi connectivity index (χ4v) is 4.07. The van der Waals surface area contributed by atoms with Crippen molar-refractivity contribution < 1.29 is 14.3 Å². The van der Waals surface area contributed by atoms with Crippen LogP contribution in [0.4, 0.5) is 0 Å². The summed E-state index contributed by atoms with van der Waals surface area (Å²) in [4.78, 5) is 32.5. The van der Waals surface area contributed by atoms with Crippen LogP contribution >= 0.6 is 0 Å². The fraction of sp³-hybridized carbons (Fsp3) is 0.588. The Bertz CT molecular complexity index is 636. The lowest BCUT2D eigenvalue weighted by atomic mass is 10.0. The fourth-order valence-electron chi connectivity index (χ4n) is 4.07. The lowest BCUT2D eigenvalue weighted by molar-refractivity contribution is -0.138. The first kappa shape index (κ1) is 16.7. The molecule has 7 heteroatoms. The van der Waals surface area contributed by atoms with E-state index in [1.165, 1.54) is 0 Å². The molecule has 2 saturated heterocycles. The molecule has 3 atom stereocenters. The maximum atomic E-state index is 12.1. The van der Waals surface area contributed by atoms with Crippen LogP contribution in [0.5, 0.6) is 5.88 Å². The second kappa shape index (κ2) is 6.76. The molecule has 0 bridgehead atoms. The standard InChI is InChI=1S/C17H24N4O3/c1-11(22)21-14(16(23)18-2)7-13-9-20(10-15(13)21)8-12-5-4-6-19-17(12)24-3/h4-6,13-15H,7-10H2,1-3H3,(H,18,23)/t13-,14-,15+/m1/s1. The molecule has 1 aromatic heterocycles. The molecule has 0 aromatic carbocycles. The Morgan fingerprint density at radius 2 is 2.21 bits per heavy atom. The van der Waals surface area contributed by atoms with Crippen LogP contribution in [0.2, 0.25) is 0 Å². The summed E-state index contributed by atoms with van der Waals surface area (Å²) in [5.41, 5.74) is 1.04. The van der Waals surface area contributed by atoms with E-state index in [9.17, 15) is 9.59 Å². The molecule has 2 fully saturated rings. The highest BCUT2D eigenvalue weighted by atomic mass is 16.5. The summed E-state index contributed by atoms with van der Waals surface area (Å²) in [5.74, 6) is 0.872. The van der Waals surface area contributed by atoms with Gasteiger partial charge in [0, 0.05) is 51.4 Å². The lowest BCUT2D eigenvalue weighted by Gasteiger charge is -2.29. The Labute approximate surface area is 142 Å². The molecule has 0 saturated carbocycles. The molecular formula is C17H24N4O3. The number of fused-ring (bicyclic) bond motifs is 1. The molecule has 0 aliphatic carbocycles. The number of amides is 2. The summed E-state index contributed by atoms with van der Waals surface area (Å²) in [5, 5.41) is 2.68. The Morgan fingerprint density at radius 3 is 2.88 bits per heavy atom. The first-order valence-corrected chi connectivity index (χ1v) is 8.26. The van der Waals surface area contributed by atoms with Gasteiger partial charge in [-0.3, -0.25) is 14.5 Å². The van der Waals surface area contributed by atoms with Crippen LogP contribution in [-0.4, -0.2) is 65.9 Å². The number of likely N-dealkylation sites (tertiary alicyclic amines) is 2. The van der Waals surface area contributed by atoms with E-state index in [4.69, 9.17) is 4.74 Å². The van der Waals surface area contributed by atoms with Crippen molar-refractivity contribution in [3.63, 3.8) is 0 Å². The number of aromatic nitrogens is 1. The number of hydrogen-bond donors (Lipinski definition) is 1. The van der Waals surface area contributed by atoms with Gasteiger partial charge in [0.1, 0.15) is 6.04 Å². The third kappa shape index (κ3) is 2.96. The number of methoxy groups -OCH3 is 1. The first-order chi connectivity index (χ1) is 11.5. The Kier molecular flexibility index (Phi) is 4.71. The molecule has 3 heterocycles. The summed E-state index contributed by atoms with van der Waals surface area (Å²) in [6.07, 6.45) is 2.44. The van der Waals surface area contributed by atoms with Gasteiger partial charge in [0.15, 0.2) is 0 Å². The molecule has 2 aliphatic rings. The van der Waals surface area contributed by atoms with Crippen molar-refractivity contribution in [2.24, 2.45) is 5.92 Å². The number of hydrogen-bond acceptors (Lipinski definition) is 5. The van der Waals surface area contributed by atoms with Crippen molar-refractivity contribution in [1.29, 1.82) is 0 Å². The van der Waals surface area contributed by atoms with E-state index in [2.05, 4.69) is 15.2 Å². The summed E-state index contributed by atoms with van der Waals surface area (Å²) in [7, 11) is 3.24. The maximum absolute atomic E-state index is 12.1. The van der Waals surface area contributed by atoms with Gasteiger partial charge in [0.2, 0.25) is 17.7 Å². The zero-order valence-electron chi connectivity index (χ0n) is 14.4. The van der Waals surface area contributed by atoms with Gasteiger partial charge >= 0.3 is 0 Å². The SMILES string of the molecule is CNC(=O)[C@H]1C[C@@H]2CN(Cc3cccnc3OC)C[C@@H]2N1C(C)=O. The van der Waals surface area contributed by atoms with E-state index in [0.717, 1.165) is 31.6 Å². The zero-order valence-corrected chi connectivity index (χ0v) is 14.4. The van der Waals surface area contributed by atoms with Crippen LogP contribution in [0, 0.1) is 5.92 Å². The molecule has 0 unspecified atom stereocenters. The van der Waals surface area contributed by atoms with Crippen LogP contribution in [0.25, 0.3) is 0 Å². The average molecular weight is 332 g/mol. The van der Waals surface area contributed by atoms with Gasteiger partial charge in [-0.25, -0.2) is 4.98 Å². The molecule has 2 aliphatic heterocycles. The van der Waals surface area contributed by atoms with Crippen LogP contribution in [0.15, 0.2) is 18.3 Å². The number of rotatable bonds is 4. The number of pyridine rings is 1. The monoisotopic (exact) mass is 332 g/mol. The van der Waals surface area contributed by atoms with Crippen molar-refractivity contribution in [2.75, 3.05) is 27.2 Å². The summed E-state index contributed by atoms with van der Waals surface area (Å²) >= 11 is 0. The Hall–Kier alpha value is -2.15. The molecule has 1 N–H and O–H groups in total. The topological polar surface area (TPSA) is 74.8 Å². The molecule has 2 amide bonds. The van der Waals surface area contributed by atoms with Gasteiger partial charge in [-0.05, 0) is 18.4 Å². The van der Waals surface area contributed by atoms with Gasteiger partial charge in [-0.15, -0.1) is 0 Å². The van der Waals surface area contributed by atoms with E-state index in [1.54, 1.807) is 32.2 Å². The largest absolute Gasteiger partial charge is 0.481 e. The molecule has 3 rings (SSSR count). The molecular weight excluding hydrogens is 308 g/mol. The normalized spacial score (nSPS) is 26.3. The molecule has 7 nitrogen and oxygen atoms in total. The van der Waals surface area contributed by atoms with Crippen LogP contribution in [0.1, 0.15) is 18.9 Å². The number of nitrogens with zero attached hydrogens (tertiary/aromatic N) is 3. The maximum Gasteiger partial charge on any atom is 0.242 e. The highest BCUT2D eigenvalue weighted by Crippen LogP contribution is 2.36. The van der Waals surface area contributed by atoms with E-state index < -0.39 is 0 Å². The molecule has 0 radical (unpaired) electrons. The average Bonchev–Trinajstić information content (AvgIpc) is 3.11. The highest BCUT2D eigenvalue weighted by molar-refractivity contribution is 5.87. The number of carbonyl (C=O) groups is 2. The molecule has 1 aromatic rings. The molecule has 0 spiro atoms. The summed E-state index contributed by atoms with van der Waals surface area (Å²) in [6.45, 7) is 3.93. The minimum Gasteiger partial charge on any atom is -0.481 e. The van der Waals surface area contributed by atoms with E-state index in [-0.39, 0.29) is 23.9 Å². The number of nitrogens with one attached hydrogen (secondary N) is 1. The third-order valence-corrected chi connectivity index (χ3v) is 5.05. The summed E-state index contributed by atoms with van der Waals surface area (Å²) in [6, 6.07) is 3.68. The van der Waals surface area contributed by atoms with Gasteiger partial charge in [0.25, 0.3) is 0 Å². The van der Waals surface area contributed by atoms with Gasteiger partial charge in [-0.2, -0.15) is 0 Å². The minimum absolute atomic E-state index is 0.0306. The molecule has 130 valence electrons. The summed E-state index contributed by atoms with van der Waals surface area (Å²) < 4.78 is 5.32. The second-order valence-electron chi connectivity index (χ2n) is 6.49. The minimum atomic E-state index is -0.336. The van der Waals surface area contributed by atoms with Crippen molar-refractivity contribution in [3.8, 4) is 5.88 Å². The molecule has 24 heavy (non-hydrogen) atoms. The zero-order chi connectivity index (χ0) is 17.3. The number of ether oxygens (including phenoxy) is 1. The Morgan fingerprint density at radius 1 is 1.42 bits per heavy atom. The van der Waals surface area contributed by atoms with Crippen LogP contribution in [-0.2, 0) is 16.1 Å². The van der Waals surface area contributed by atoms with Crippen LogP contribution < -0.4 is 10.1 Å². The van der Waals surface area contributed by atoms with E-state index in [1.807, 2.05) is 12.1 Å². The third-order valence-electron chi connectivity index (χ3n) is 5.05. The van der Waals surface area contributed by atoms with E-state index >= 15 is 0 Å². The second-order valence-corrected chi connectivity index (χ2v) is 6.49. The van der Waals surface area contributed by atoms with Crippen molar-refractivity contribution in [2.45, 2.75) is 32.0 Å². The van der Waals surface area contributed by atoms with E-state index in [0.29, 0.717) is 11.8 Å². The first-order valence-electron chi connectivity index (χ1n) is 8.26. The van der Waals surface area contributed by atoms with Gasteiger partial charge < -0.3 is 15.0 Å².